The number of fused-ring (bicyclic) bond motifs is 1. The van der Waals surface area contributed by atoms with Gasteiger partial charge in [0.25, 0.3) is 5.91 Å². The highest BCUT2D eigenvalue weighted by molar-refractivity contribution is 7.18. The van der Waals surface area contributed by atoms with Crippen molar-refractivity contribution in [2.24, 2.45) is 14.1 Å². The molecule has 4 rings (SSSR count). The number of thiophene rings is 1. The topological polar surface area (TPSA) is 79.5 Å². The monoisotopic (exact) mass is 498 g/mol. The molecule has 34 heavy (non-hydrogen) atoms. The van der Waals surface area contributed by atoms with Gasteiger partial charge >= 0.3 is 0 Å². The van der Waals surface area contributed by atoms with Crippen LogP contribution in [0.5, 0.6) is 0 Å². The third-order valence-electron chi connectivity index (χ3n) is 5.74. The van der Waals surface area contributed by atoms with Gasteiger partial charge in [-0.3, -0.25) is 14.5 Å². The molecular formula is C25H27ClN4O3S. The van der Waals surface area contributed by atoms with Crippen molar-refractivity contribution in [1.82, 2.24) is 19.4 Å². The molecule has 0 saturated heterocycles. The largest absolute Gasteiger partial charge is 0.386 e. The summed E-state index contributed by atoms with van der Waals surface area (Å²) in [7, 11) is 5.68. The number of aliphatic hydroxyl groups excluding tert-OH is 1. The van der Waals surface area contributed by atoms with E-state index in [4.69, 9.17) is 11.6 Å². The van der Waals surface area contributed by atoms with E-state index in [9.17, 15) is 14.7 Å². The zero-order chi connectivity index (χ0) is 24.4. The van der Waals surface area contributed by atoms with Crippen molar-refractivity contribution >= 4 is 39.1 Å². The predicted octanol–water partition coefficient (Wildman–Crippen LogP) is 3.69. The van der Waals surface area contributed by atoms with Crippen LogP contribution >= 0.6 is 22.9 Å². The number of likely N-dealkylation sites (N-methyl/N-ethyl adjacent to an activating group) is 1. The second-order valence-corrected chi connectivity index (χ2v) is 10.0. The number of hydrogen-bond donors (Lipinski definition) is 2. The van der Waals surface area contributed by atoms with Crippen molar-refractivity contribution in [3.05, 3.63) is 91.8 Å². The number of aromatic nitrogens is 2. The van der Waals surface area contributed by atoms with Gasteiger partial charge in [-0.05, 0) is 42.9 Å². The summed E-state index contributed by atoms with van der Waals surface area (Å²) in [4.78, 5) is 29.7. The van der Waals surface area contributed by atoms with Gasteiger partial charge < -0.3 is 19.6 Å². The van der Waals surface area contributed by atoms with Crippen molar-refractivity contribution < 1.29 is 9.90 Å². The zero-order valence-corrected chi connectivity index (χ0v) is 20.9. The molecule has 0 saturated carbocycles. The van der Waals surface area contributed by atoms with E-state index in [2.05, 4.69) is 5.32 Å². The Hall–Kier alpha value is -2.91. The fourth-order valence-electron chi connectivity index (χ4n) is 3.97. The number of aryl methyl sites for hydroxylation is 2. The van der Waals surface area contributed by atoms with Crippen LogP contribution in [-0.4, -0.2) is 38.6 Å². The highest BCUT2D eigenvalue weighted by Gasteiger charge is 2.18. The number of carbonyl (C=O) groups excluding carboxylic acids is 1. The van der Waals surface area contributed by atoms with Crippen LogP contribution in [0.2, 0.25) is 5.02 Å². The Bertz CT molecular complexity index is 1370. The van der Waals surface area contributed by atoms with E-state index in [1.807, 2.05) is 71.7 Å². The summed E-state index contributed by atoms with van der Waals surface area (Å²) in [6.45, 7) is 1.35. The van der Waals surface area contributed by atoms with Crippen LogP contribution in [0.25, 0.3) is 10.2 Å². The van der Waals surface area contributed by atoms with E-state index in [0.717, 1.165) is 21.0 Å². The van der Waals surface area contributed by atoms with Gasteiger partial charge in [-0.25, -0.2) is 0 Å². The highest BCUT2D eigenvalue weighted by Crippen LogP contribution is 2.25. The molecule has 1 amide bonds. The van der Waals surface area contributed by atoms with Crippen molar-refractivity contribution in [1.29, 1.82) is 0 Å². The molecule has 0 spiro atoms. The first-order valence-electron chi connectivity index (χ1n) is 10.9. The smallest absolute Gasteiger partial charge is 0.257 e. The summed E-state index contributed by atoms with van der Waals surface area (Å²) in [6.07, 6.45) is 2.88. The molecule has 9 heteroatoms. The van der Waals surface area contributed by atoms with Crippen LogP contribution in [0, 0.1) is 0 Å². The zero-order valence-electron chi connectivity index (χ0n) is 19.3. The summed E-state index contributed by atoms with van der Waals surface area (Å²) in [6, 6.07) is 12.8. The minimum absolute atomic E-state index is 0.112. The van der Waals surface area contributed by atoms with Crippen molar-refractivity contribution in [2.75, 3.05) is 13.6 Å². The number of hydrogen-bond acceptors (Lipinski definition) is 5. The SMILES string of the molecule is CN(Cc1cc2c(=O)c(C(=O)NCc3ccc(Cl)cc3)cn(C)c2s1)CC(O)c1cccn1C. The number of benzene rings is 1. The van der Waals surface area contributed by atoms with E-state index in [1.165, 1.54) is 11.3 Å². The average molecular weight is 499 g/mol. The van der Waals surface area contributed by atoms with Crippen molar-refractivity contribution in [2.45, 2.75) is 19.2 Å². The van der Waals surface area contributed by atoms with Crippen molar-refractivity contribution in [3.63, 3.8) is 0 Å². The predicted molar refractivity (Wildman–Crippen MR) is 136 cm³/mol. The van der Waals surface area contributed by atoms with Crippen LogP contribution in [0.3, 0.4) is 0 Å². The molecule has 1 unspecified atom stereocenters. The Balaban J connectivity index is 1.48. The van der Waals surface area contributed by atoms with Gasteiger partial charge in [0.2, 0.25) is 5.43 Å². The summed E-state index contributed by atoms with van der Waals surface area (Å²) >= 11 is 7.42. The highest BCUT2D eigenvalue weighted by atomic mass is 35.5. The molecule has 3 aromatic heterocycles. The van der Waals surface area contributed by atoms with Gasteiger partial charge in [-0.1, -0.05) is 23.7 Å². The van der Waals surface area contributed by atoms with Gasteiger partial charge in [0.1, 0.15) is 16.5 Å². The maximum atomic E-state index is 13.1. The summed E-state index contributed by atoms with van der Waals surface area (Å²) in [5.74, 6) is -0.409. The number of aliphatic hydroxyl groups is 1. The summed E-state index contributed by atoms with van der Waals surface area (Å²) in [5.41, 5.74) is 1.58. The number of carbonyl (C=O) groups is 1. The summed E-state index contributed by atoms with van der Waals surface area (Å²) < 4.78 is 3.72. The number of rotatable bonds is 8. The van der Waals surface area contributed by atoms with E-state index < -0.39 is 12.0 Å². The van der Waals surface area contributed by atoms with Gasteiger partial charge in [-0.15, -0.1) is 11.3 Å². The van der Waals surface area contributed by atoms with Gasteiger partial charge in [-0.2, -0.15) is 0 Å². The fourth-order valence-corrected chi connectivity index (χ4v) is 5.27. The molecule has 4 aromatic rings. The first-order chi connectivity index (χ1) is 16.2. The Morgan fingerprint density at radius 2 is 1.94 bits per heavy atom. The van der Waals surface area contributed by atoms with Gasteiger partial charge in [0, 0.05) is 61.7 Å². The lowest BCUT2D eigenvalue weighted by molar-refractivity contribution is 0.0949. The third-order valence-corrected chi connectivity index (χ3v) is 7.20. The van der Waals surface area contributed by atoms with E-state index in [-0.39, 0.29) is 11.0 Å². The van der Waals surface area contributed by atoms with Crippen LogP contribution < -0.4 is 10.7 Å². The maximum absolute atomic E-state index is 13.1. The number of halogens is 1. The number of nitrogens with one attached hydrogen (secondary N) is 1. The number of nitrogens with zero attached hydrogens (tertiary/aromatic N) is 3. The second-order valence-electron chi connectivity index (χ2n) is 8.48. The lowest BCUT2D eigenvalue weighted by Crippen LogP contribution is -2.29. The molecular weight excluding hydrogens is 472 g/mol. The Morgan fingerprint density at radius 1 is 1.21 bits per heavy atom. The molecule has 0 radical (unpaired) electrons. The average Bonchev–Trinajstić information content (AvgIpc) is 3.42. The van der Waals surface area contributed by atoms with Crippen LogP contribution in [-0.2, 0) is 27.2 Å². The van der Waals surface area contributed by atoms with Crippen LogP contribution in [0.15, 0.2) is 59.7 Å². The molecule has 0 aliphatic rings. The Labute approximate surface area is 206 Å². The number of pyridine rings is 1. The molecule has 0 aliphatic carbocycles. The van der Waals surface area contributed by atoms with E-state index in [0.29, 0.717) is 30.0 Å². The van der Waals surface area contributed by atoms with Crippen LogP contribution in [0.1, 0.15) is 32.6 Å². The lowest BCUT2D eigenvalue weighted by Gasteiger charge is -2.20. The molecule has 1 aromatic carbocycles. The van der Waals surface area contributed by atoms with Gasteiger partial charge in [0.15, 0.2) is 0 Å². The molecule has 178 valence electrons. The Kier molecular flexibility index (Phi) is 7.23. The normalized spacial score (nSPS) is 12.4. The standard InChI is InChI=1S/C25H27ClN4O3S/c1-28(15-22(31)21-5-4-10-29(21)2)13-18-11-19-23(32)20(14-30(3)25(19)34-18)24(33)27-12-16-6-8-17(26)9-7-16/h4-11,14,22,31H,12-13,15H2,1-3H3,(H,27,33). The van der Waals surface area contributed by atoms with E-state index in [1.54, 1.807) is 18.3 Å². The molecule has 1 atom stereocenters. The maximum Gasteiger partial charge on any atom is 0.257 e. The van der Waals surface area contributed by atoms with E-state index >= 15 is 0 Å². The third kappa shape index (κ3) is 5.26. The first-order valence-corrected chi connectivity index (χ1v) is 12.0. The molecule has 0 bridgehead atoms. The van der Waals surface area contributed by atoms with Crippen LogP contribution in [0.4, 0.5) is 0 Å². The quantitative estimate of drug-likeness (QED) is 0.388. The Morgan fingerprint density at radius 3 is 2.62 bits per heavy atom. The fraction of sp³-hybridized carbons (Fsp3) is 0.280. The molecule has 0 fully saturated rings. The minimum atomic E-state index is -0.610. The molecule has 0 aliphatic heterocycles. The lowest BCUT2D eigenvalue weighted by atomic mass is 10.2. The molecule has 3 heterocycles. The molecule has 2 N–H and O–H groups in total. The second kappa shape index (κ2) is 10.1. The van der Waals surface area contributed by atoms with Crippen molar-refractivity contribution in [3.8, 4) is 0 Å². The first kappa shape index (κ1) is 24.2. The molecule has 7 nitrogen and oxygen atoms in total. The van der Waals surface area contributed by atoms with Gasteiger partial charge in [0.05, 0.1) is 5.39 Å². The number of amides is 1. The minimum Gasteiger partial charge on any atom is -0.386 e. The summed E-state index contributed by atoms with van der Waals surface area (Å²) in [5, 5.41) is 14.5.